The lowest BCUT2D eigenvalue weighted by molar-refractivity contribution is 0.101. The van der Waals surface area contributed by atoms with Crippen LogP contribution in [0.1, 0.15) is 17.4 Å². The van der Waals surface area contributed by atoms with Gasteiger partial charge >= 0.3 is 0 Å². The van der Waals surface area contributed by atoms with Gasteiger partial charge in [0.2, 0.25) is 0 Å². The summed E-state index contributed by atoms with van der Waals surface area (Å²) in [5.74, 6) is -0.0470. The van der Waals surface area contributed by atoms with Crippen molar-refractivity contribution in [1.29, 1.82) is 0 Å². The molecule has 0 fully saturated rings. The number of nitrogens with zero attached hydrogens (tertiary/aromatic N) is 2. The number of hydrogen-bond donors (Lipinski definition) is 1. The number of hydrogen-bond acceptors (Lipinski definition) is 3. The molecule has 60 valence electrons. The number of carbonyl (C=O) groups is 1. The molecule has 2 aromatic rings. The Bertz CT molecular complexity index is 433. The molecule has 0 saturated heterocycles. The minimum atomic E-state index is -0.0470. The number of Topliss-reactive ketones (excluding diaryl/α,β-unsaturated/α-hetero) is 1. The van der Waals surface area contributed by atoms with E-state index in [4.69, 9.17) is 0 Å². The zero-order valence-electron chi connectivity index (χ0n) is 6.53. The van der Waals surface area contributed by atoms with Crippen LogP contribution in [0.2, 0.25) is 0 Å². The number of pyridine rings is 1. The first-order chi connectivity index (χ1) is 5.79. The Morgan fingerprint density at radius 3 is 3.17 bits per heavy atom. The van der Waals surface area contributed by atoms with Crippen LogP contribution in [0.25, 0.3) is 10.9 Å². The van der Waals surface area contributed by atoms with E-state index in [0.717, 1.165) is 10.9 Å². The van der Waals surface area contributed by atoms with Crippen LogP contribution >= 0.6 is 0 Å². The second-order valence-corrected chi connectivity index (χ2v) is 2.55. The number of rotatable bonds is 1. The van der Waals surface area contributed by atoms with Crippen molar-refractivity contribution in [3.05, 3.63) is 24.2 Å². The molecule has 4 heteroatoms. The van der Waals surface area contributed by atoms with E-state index in [9.17, 15) is 4.79 Å². The van der Waals surface area contributed by atoms with Gasteiger partial charge in [0.1, 0.15) is 5.69 Å². The number of aromatic nitrogens is 3. The van der Waals surface area contributed by atoms with Gasteiger partial charge in [-0.3, -0.25) is 14.9 Å². The third-order valence-corrected chi connectivity index (χ3v) is 1.70. The maximum absolute atomic E-state index is 11.0. The molecular weight excluding hydrogens is 154 g/mol. The maximum Gasteiger partial charge on any atom is 0.180 e. The van der Waals surface area contributed by atoms with Gasteiger partial charge in [-0.2, -0.15) is 5.10 Å². The summed E-state index contributed by atoms with van der Waals surface area (Å²) >= 11 is 0. The van der Waals surface area contributed by atoms with Crippen LogP contribution in [-0.4, -0.2) is 21.0 Å². The summed E-state index contributed by atoms with van der Waals surface area (Å²) < 4.78 is 0. The van der Waals surface area contributed by atoms with E-state index in [2.05, 4.69) is 15.2 Å². The Balaban J connectivity index is 2.79. The van der Waals surface area contributed by atoms with Crippen LogP contribution in [0.5, 0.6) is 0 Å². The predicted octanol–water partition coefficient (Wildman–Crippen LogP) is 1.16. The van der Waals surface area contributed by atoms with Crippen molar-refractivity contribution >= 4 is 16.7 Å². The zero-order chi connectivity index (χ0) is 8.55. The summed E-state index contributed by atoms with van der Waals surface area (Å²) in [5, 5.41) is 7.42. The lowest BCUT2D eigenvalue weighted by atomic mass is 10.2. The number of fused-ring (bicyclic) bond motifs is 1. The molecule has 0 aromatic carbocycles. The average molecular weight is 161 g/mol. The van der Waals surface area contributed by atoms with Gasteiger partial charge in [-0.15, -0.1) is 0 Å². The Hall–Kier alpha value is -1.71. The van der Waals surface area contributed by atoms with E-state index in [1.54, 1.807) is 18.5 Å². The van der Waals surface area contributed by atoms with E-state index in [1.807, 2.05) is 0 Å². The number of ketones is 1. The average Bonchev–Trinajstić information content (AvgIpc) is 2.47. The van der Waals surface area contributed by atoms with E-state index < -0.39 is 0 Å². The monoisotopic (exact) mass is 161 g/mol. The summed E-state index contributed by atoms with van der Waals surface area (Å²) in [6.45, 7) is 1.49. The fraction of sp³-hybridized carbons (Fsp3) is 0.125. The van der Waals surface area contributed by atoms with Crippen molar-refractivity contribution in [1.82, 2.24) is 15.2 Å². The fourth-order valence-corrected chi connectivity index (χ4v) is 1.13. The van der Waals surface area contributed by atoms with E-state index in [-0.39, 0.29) is 5.78 Å². The second kappa shape index (κ2) is 2.41. The highest BCUT2D eigenvalue weighted by Crippen LogP contribution is 2.13. The highest BCUT2D eigenvalue weighted by atomic mass is 16.1. The summed E-state index contributed by atoms with van der Waals surface area (Å²) in [5.41, 5.74) is 1.30. The van der Waals surface area contributed by atoms with Crippen LogP contribution in [0.3, 0.4) is 0 Å². The van der Waals surface area contributed by atoms with Crippen LogP contribution in [0.4, 0.5) is 0 Å². The molecule has 0 amide bonds. The van der Waals surface area contributed by atoms with Gasteiger partial charge in [0.25, 0.3) is 0 Å². The Kier molecular flexibility index (Phi) is 1.40. The lowest BCUT2D eigenvalue weighted by Gasteiger charge is -1.87. The first kappa shape index (κ1) is 6.97. The first-order valence-electron chi connectivity index (χ1n) is 3.58. The molecule has 0 radical (unpaired) electrons. The third-order valence-electron chi connectivity index (χ3n) is 1.70. The van der Waals surface area contributed by atoms with Crippen molar-refractivity contribution in [2.24, 2.45) is 0 Å². The molecule has 0 aliphatic carbocycles. The summed E-state index contributed by atoms with van der Waals surface area (Å²) in [6, 6.07) is 1.79. The number of carbonyl (C=O) groups excluding carboxylic acids is 1. The fourth-order valence-electron chi connectivity index (χ4n) is 1.13. The van der Waals surface area contributed by atoms with Crippen LogP contribution < -0.4 is 0 Å². The van der Waals surface area contributed by atoms with Gasteiger partial charge in [-0.25, -0.2) is 0 Å². The molecule has 4 nitrogen and oxygen atoms in total. The number of nitrogens with one attached hydrogen (secondary N) is 1. The van der Waals surface area contributed by atoms with Crippen molar-refractivity contribution < 1.29 is 4.79 Å². The molecule has 2 aromatic heterocycles. The first-order valence-corrected chi connectivity index (χ1v) is 3.58. The molecule has 12 heavy (non-hydrogen) atoms. The molecule has 0 unspecified atom stereocenters. The van der Waals surface area contributed by atoms with Crippen molar-refractivity contribution in [3.8, 4) is 0 Å². The standard InChI is InChI=1S/C8H7N3O/c1-5(12)8-6-4-9-3-2-7(6)10-11-8/h2-4H,1H3,(H,10,11). The minimum absolute atomic E-state index is 0.0470. The minimum Gasteiger partial charge on any atom is -0.293 e. The highest BCUT2D eigenvalue weighted by Gasteiger charge is 2.08. The largest absolute Gasteiger partial charge is 0.293 e. The van der Waals surface area contributed by atoms with Gasteiger partial charge in [0.15, 0.2) is 5.78 Å². The van der Waals surface area contributed by atoms with Gasteiger partial charge in [0.05, 0.1) is 5.52 Å². The number of aromatic amines is 1. The highest BCUT2D eigenvalue weighted by molar-refractivity contribution is 6.04. The molecule has 2 rings (SSSR count). The Morgan fingerprint density at radius 1 is 1.58 bits per heavy atom. The summed E-state index contributed by atoms with van der Waals surface area (Å²) in [7, 11) is 0. The smallest absolute Gasteiger partial charge is 0.180 e. The molecule has 0 atom stereocenters. The molecule has 2 heterocycles. The maximum atomic E-state index is 11.0. The molecule has 0 spiro atoms. The van der Waals surface area contributed by atoms with Gasteiger partial charge < -0.3 is 0 Å². The topological polar surface area (TPSA) is 58.6 Å². The zero-order valence-corrected chi connectivity index (χ0v) is 6.53. The van der Waals surface area contributed by atoms with Crippen LogP contribution in [-0.2, 0) is 0 Å². The van der Waals surface area contributed by atoms with Crippen molar-refractivity contribution in [2.75, 3.05) is 0 Å². The van der Waals surface area contributed by atoms with Crippen molar-refractivity contribution in [3.63, 3.8) is 0 Å². The summed E-state index contributed by atoms with van der Waals surface area (Å²) in [4.78, 5) is 14.9. The van der Waals surface area contributed by atoms with Gasteiger partial charge in [-0.05, 0) is 6.07 Å². The molecule has 0 saturated carbocycles. The van der Waals surface area contributed by atoms with E-state index in [1.165, 1.54) is 6.92 Å². The van der Waals surface area contributed by atoms with Crippen molar-refractivity contribution in [2.45, 2.75) is 6.92 Å². The van der Waals surface area contributed by atoms with E-state index >= 15 is 0 Å². The second-order valence-electron chi connectivity index (χ2n) is 2.55. The van der Waals surface area contributed by atoms with E-state index in [0.29, 0.717) is 5.69 Å². The van der Waals surface area contributed by atoms with Gasteiger partial charge in [-0.1, -0.05) is 0 Å². The van der Waals surface area contributed by atoms with Crippen LogP contribution in [0, 0.1) is 0 Å². The quantitative estimate of drug-likeness (QED) is 0.638. The SMILES string of the molecule is CC(=O)c1n[nH]c2ccncc12. The molecule has 0 bridgehead atoms. The Morgan fingerprint density at radius 2 is 2.42 bits per heavy atom. The Labute approximate surface area is 68.6 Å². The summed E-state index contributed by atoms with van der Waals surface area (Å²) in [6.07, 6.45) is 3.29. The normalized spacial score (nSPS) is 10.4. The van der Waals surface area contributed by atoms with Gasteiger partial charge in [0, 0.05) is 24.7 Å². The number of H-pyrrole nitrogens is 1. The molecule has 0 aliphatic rings. The van der Waals surface area contributed by atoms with Crippen LogP contribution in [0.15, 0.2) is 18.5 Å². The molecular formula is C8H7N3O. The lowest BCUT2D eigenvalue weighted by Crippen LogP contribution is -1.92. The predicted molar refractivity (Wildman–Crippen MR) is 43.9 cm³/mol. The molecule has 0 aliphatic heterocycles. The molecule has 1 N–H and O–H groups in total. The third kappa shape index (κ3) is 0.887.